The average molecular weight is 421 g/mol. The second-order valence-corrected chi connectivity index (χ2v) is 7.68. The Balaban J connectivity index is 1.47. The lowest BCUT2D eigenvalue weighted by atomic mass is 9.87. The molecule has 9 heteroatoms. The maximum Gasteiger partial charge on any atom is 0.344 e. The molecule has 0 saturated carbocycles. The third-order valence-corrected chi connectivity index (χ3v) is 5.98. The first-order chi connectivity index (χ1) is 14.5. The lowest BCUT2D eigenvalue weighted by Gasteiger charge is -2.25. The van der Waals surface area contributed by atoms with E-state index in [2.05, 4.69) is 20.7 Å². The highest BCUT2D eigenvalue weighted by atomic mass is 32.2. The van der Waals surface area contributed by atoms with Gasteiger partial charge in [-0.15, -0.1) is 0 Å². The number of hydrogen-bond acceptors (Lipinski definition) is 6. The molecule has 1 aliphatic heterocycles. The van der Waals surface area contributed by atoms with E-state index in [1.165, 1.54) is 18.1 Å². The van der Waals surface area contributed by atoms with Crippen molar-refractivity contribution in [1.29, 1.82) is 0 Å². The maximum absolute atomic E-state index is 13.1. The van der Waals surface area contributed by atoms with Gasteiger partial charge in [0.15, 0.2) is 0 Å². The Morgan fingerprint density at radius 3 is 2.60 bits per heavy atom. The van der Waals surface area contributed by atoms with Gasteiger partial charge in [0.25, 0.3) is 5.91 Å². The summed E-state index contributed by atoms with van der Waals surface area (Å²) < 4.78 is 0. The van der Waals surface area contributed by atoms with E-state index in [4.69, 9.17) is 0 Å². The van der Waals surface area contributed by atoms with Crippen LogP contribution in [0.4, 0.5) is 4.79 Å². The van der Waals surface area contributed by atoms with Gasteiger partial charge in [0.05, 0.1) is 11.3 Å². The summed E-state index contributed by atoms with van der Waals surface area (Å²) in [5.74, 6) is -0.999. The van der Waals surface area contributed by atoms with Gasteiger partial charge in [0.2, 0.25) is 5.91 Å². The molecule has 0 radical (unpaired) electrons. The number of para-hydroxylation sites is 1. The highest BCUT2D eigenvalue weighted by molar-refractivity contribution is 8.00. The second-order valence-electron chi connectivity index (χ2n) is 6.72. The fraction of sp³-hybridized carbons (Fsp3) is 0.190. The molecule has 2 aromatic carbocycles. The summed E-state index contributed by atoms with van der Waals surface area (Å²) in [6, 6.07) is 15.8. The summed E-state index contributed by atoms with van der Waals surface area (Å²) in [6.45, 7) is 1.81. The number of hydrazine groups is 1. The molecule has 0 spiro atoms. The van der Waals surface area contributed by atoms with Crippen LogP contribution in [0.15, 0.2) is 66.0 Å². The third-order valence-electron chi connectivity index (χ3n) is 4.97. The fourth-order valence-electron chi connectivity index (χ4n) is 3.42. The zero-order valence-electron chi connectivity index (χ0n) is 16.2. The minimum atomic E-state index is -1.19. The quantitative estimate of drug-likeness (QED) is 0.360. The zero-order valence-corrected chi connectivity index (χ0v) is 17.0. The van der Waals surface area contributed by atoms with Crippen LogP contribution < -0.4 is 10.7 Å². The monoisotopic (exact) mass is 421 g/mol. The van der Waals surface area contributed by atoms with E-state index in [1.807, 2.05) is 37.3 Å². The number of carbonyl (C=O) groups excluding carboxylic acids is 3. The molecule has 4 amide bonds. The van der Waals surface area contributed by atoms with Crippen LogP contribution in [-0.4, -0.2) is 38.6 Å². The fourth-order valence-corrected chi connectivity index (χ4v) is 4.21. The number of fused-ring (bicyclic) bond motifs is 1. The summed E-state index contributed by atoms with van der Waals surface area (Å²) in [6.07, 6.45) is 1.80. The van der Waals surface area contributed by atoms with Gasteiger partial charge in [-0.3, -0.25) is 15.0 Å². The molecule has 1 aromatic heterocycles. The molecule has 1 atom stereocenters. The molecular formula is C21H19N5O3S. The molecule has 1 unspecified atom stereocenters. The van der Waals surface area contributed by atoms with Gasteiger partial charge in [0.1, 0.15) is 16.9 Å². The molecule has 30 heavy (non-hydrogen) atoms. The van der Waals surface area contributed by atoms with Crippen molar-refractivity contribution < 1.29 is 14.4 Å². The van der Waals surface area contributed by atoms with E-state index in [1.54, 1.807) is 24.3 Å². The first-order valence-corrected chi connectivity index (χ1v) is 10.4. The van der Waals surface area contributed by atoms with Gasteiger partial charge < -0.3 is 5.32 Å². The predicted octanol–water partition coefficient (Wildman–Crippen LogP) is 2.61. The van der Waals surface area contributed by atoms with Gasteiger partial charge in [-0.1, -0.05) is 67.2 Å². The molecule has 8 nitrogen and oxygen atoms in total. The number of aromatic nitrogens is 2. The van der Waals surface area contributed by atoms with Crippen LogP contribution in [0.1, 0.15) is 18.9 Å². The first-order valence-electron chi connectivity index (χ1n) is 9.39. The zero-order chi connectivity index (χ0) is 21.1. The number of urea groups is 1. The van der Waals surface area contributed by atoms with Crippen molar-refractivity contribution in [2.24, 2.45) is 0 Å². The van der Waals surface area contributed by atoms with Crippen LogP contribution in [0.5, 0.6) is 0 Å². The summed E-state index contributed by atoms with van der Waals surface area (Å²) in [5, 5.41) is 4.98. The topological polar surface area (TPSA) is 104 Å². The van der Waals surface area contributed by atoms with E-state index < -0.39 is 23.4 Å². The third kappa shape index (κ3) is 3.48. The van der Waals surface area contributed by atoms with E-state index in [9.17, 15) is 14.4 Å². The number of hydrogen-bond donors (Lipinski definition) is 2. The van der Waals surface area contributed by atoms with Gasteiger partial charge in [-0.2, -0.15) is 5.01 Å². The normalized spacial score (nSPS) is 18.5. The van der Waals surface area contributed by atoms with E-state index in [0.717, 1.165) is 15.9 Å². The molecule has 3 aromatic rings. The van der Waals surface area contributed by atoms with Crippen molar-refractivity contribution in [3.05, 3.63) is 66.5 Å². The minimum absolute atomic E-state index is 0.0114. The number of nitrogens with zero attached hydrogens (tertiary/aromatic N) is 3. The molecule has 1 saturated heterocycles. The number of amides is 4. The Kier molecular flexibility index (Phi) is 5.37. The molecule has 4 rings (SSSR count). The maximum atomic E-state index is 13.1. The van der Waals surface area contributed by atoms with Crippen molar-refractivity contribution in [2.45, 2.75) is 23.9 Å². The van der Waals surface area contributed by atoms with Crippen LogP contribution in [0.2, 0.25) is 0 Å². The molecule has 152 valence electrons. The molecule has 1 fully saturated rings. The Morgan fingerprint density at radius 1 is 1.10 bits per heavy atom. The lowest BCUT2D eigenvalue weighted by Crippen LogP contribution is -2.49. The summed E-state index contributed by atoms with van der Waals surface area (Å²) in [4.78, 5) is 46.4. The van der Waals surface area contributed by atoms with Gasteiger partial charge in [-0.25, -0.2) is 14.8 Å². The number of thioether (sulfide) groups is 1. The molecule has 0 bridgehead atoms. The Bertz CT molecular complexity index is 1120. The van der Waals surface area contributed by atoms with Crippen LogP contribution in [0, 0.1) is 0 Å². The first kappa shape index (κ1) is 19.8. The van der Waals surface area contributed by atoms with Gasteiger partial charge in [0, 0.05) is 5.39 Å². The highest BCUT2D eigenvalue weighted by Gasteiger charge is 2.52. The highest BCUT2D eigenvalue weighted by Crippen LogP contribution is 2.31. The minimum Gasteiger partial charge on any atom is -0.318 e. The number of benzene rings is 2. The molecular weight excluding hydrogens is 402 g/mol. The van der Waals surface area contributed by atoms with Crippen LogP contribution >= 0.6 is 11.8 Å². The smallest absolute Gasteiger partial charge is 0.318 e. The second kappa shape index (κ2) is 8.11. The standard InChI is InChI=1S/C21H19N5O3S/c1-2-21(14-8-4-3-5-9-14)19(28)26(20(29)24-21)25-17(27)12-30-18-15-10-6-7-11-16(15)22-13-23-18/h3-11,13H,2,12H2,1H3,(H,24,29)(H,25,27). The number of nitrogens with one attached hydrogen (secondary N) is 2. The SMILES string of the molecule is CCC1(c2ccccc2)NC(=O)N(NC(=O)CSc2ncnc3ccccc23)C1=O. The Hall–Kier alpha value is -3.46. The van der Waals surface area contributed by atoms with Crippen LogP contribution in [-0.2, 0) is 15.1 Å². The van der Waals surface area contributed by atoms with Crippen LogP contribution in [0.25, 0.3) is 10.9 Å². The average Bonchev–Trinajstić information content (AvgIpc) is 3.03. The van der Waals surface area contributed by atoms with Crippen molar-refractivity contribution in [1.82, 2.24) is 25.7 Å². The largest absolute Gasteiger partial charge is 0.344 e. The van der Waals surface area contributed by atoms with E-state index in [-0.39, 0.29) is 5.75 Å². The van der Waals surface area contributed by atoms with E-state index >= 15 is 0 Å². The Labute approximate surface area is 177 Å². The van der Waals surface area contributed by atoms with Crippen molar-refractivity contribution in [3.8, 4) is 0 Å². The Morgan fingerprint density at radius 2 is 1.83 bits per heavy atom. The number of imide groups is 1. The summed E-state index contributed by atoms with van der Waals surface area (Å²) in [5.41, 5.74) is 2.68. The van der Waals surface area contributed by atoms with Gasteiger partial charge >= 0.3 is 6.03 Å². The molecule has 2 N–H and O–H groups in total. The van der Waals surface area contributed by atoms with Crippen molar-refractivity contribution in [2.75, 3.05) is 5.75 Å². The molecule has 0 aliphatic carbocycles. The number of carbonyl (C=O) groups is 3. The summed E-state index contributed by atoms with van der Waals surface area (Å²) >= 11 is 1.21. The van der Waals surface area contributed by atoms with Crippen molar-refractivity contribution in [3.63, 3.8) is 0 Å². The number of rotatable bonds is 6. The van der Waals surface area contributed by atoms with E-state index in [0.29, 0.717) is 17.0 Å². The van der Waals surface area contributed by atoms with Crippen LogP contribution in [0.3, 0.4) is 0 Å². The predicted molar refractivity (Wildman–Crippen MR) is 112 cm³/mol. The lowest BCUT2D eigenvalue weighted by molar-refractivity contribution is -0.138. The van der Waals surface area contributed by atoms with Gasteiger partial charge in [-0.05, 0) is 18.1 Å². The van der Waals surface area contributed by atoms with Crippen molar-refractivity contribution >= 4 is 40.5 Å². The molecule has 1 aliphatic rings. The summed E-state index contributed by atoms with van der Waals surface area (Å²) in [7, 11) is 0. The molecule has 2 heterocycles.